The van der Waals surface area contributed by atoms with Crippen LogP contribution in [-0.4, -0.2) is 35.6 Å². The Hall–Kier alpha value is -3.73. The van der Waals surface area contributed by atoms with E-state index in [-0.39, 0.29) is 36.6 Å². The molecule has 33 heavy (non-hydrogen) atoms. The van der Waals surface area contributed by atoms with Crippen LogP contribution in [0.3, 0.4) is 0 Å². The number of hydrogen-bond donors (Lipinski definition) is 3. The lowest BCUT2D eigenvalue weighted by Crippen LogP contribution is -2.30. The predicted molar refractivity (Wildman–Crippen MR) is 120 cm³/mol. The lowest BCUT2D eigenvalue weighted by molar-refractivity contribution is 0.0135. The molecular formula is C26H23FN2O4. The Labute approximate surface area is 190 Å². The van der Waals surface area contributed by atoms with E-state index < -0.39 is 24.1 Å². The summed E-state index contributed by atoms with van der Waals surface area (Å²) >= 11 is 0. The summed E-state index contributed by atoms with van der Waals surface area (Å²) in [7, 11) is 0. The fraction of sp³-hybridized carbons (Fsp3) is 0.231. The largest absolute Gasteiger partial charge is 0.449 e. The normalized spacial score (nSPS) is 14.0. The number of benzene rings is 3. The van der Waals surface area contributed by atoms with Gasteiger partial charge in [0.2, 0.25) is 0 Å². The van der Waals surface area contributed by atoms with E-state index in [9.17, 15) is 19.4 Å². The van der Waals surface area contributed by atoms with Crippen molar-refractivity contribution in [1.29, 1.82) is 5.26 Å². The second-order valence-corrected chi connectivity index (χ2v) is 7.90. The number of ether oxygens (including phenoxy) is 1. The van der Waals surface area contributed by atoms with Crippen LogP contribution in [0, 0.1) is 17.1 Å². The molecular weight excluding hydrogens is 423 g/mol. The van der Waals surface area contributed by atoms with Crippen molar-refractivity contribution in [3.8, 4) is 17.2 Å². The number of carbonyl (C=O) groups excluding carboxylic acids is 1. The van der Waals surface area contributed by atoms with Crippen LogP contribution in [0.25, 0.3) is 11.1 Å². The van der Waals surface area contributed by atoms with E-state index in [1.165, 1.54) is 6.07 Å². The predicted octanol–water partition coefficient (Wildman–Crippen LogP) is 4.02. The van der Waals surface area contributed by atoms with Crippen LogP contribution in [0.4, 0.5) is 9.18 Å². The molecule has 6 nitrogen and oxygen atoms in total. The van der Waals surface area contributed by atoms with E-state index in [1.807, 2.05) is 36.4 Å². The summed E-state index contributed by atoms with van der Waals surface area (Å²) in [6.45, 7) is 0.226. The third kappa shape index (κ3) is 4.72. The first-order valence-corrected chi connectivity index (χ1v) is 10.6. The highest BCUT2D eigenvalue weighted by atomic mass is 19.1. The zero-order chi connectivity index (χ0) is 23.4. The quantitative estimate of drug-likeness (QED) is 0.509. The molecule has 0 fully saturated rings. The molecule has 4 rings (SSSR count). The molecule has 0 saturated carbocycles. The third-order valence-corrected chi connectivity index (χ3v) is 5.87. The van der Waals surface area contributed by atoms with Gasteiger partial charge in [-0.05, 0) is 40.8 Å². The Kier molecular flexibility index (Phi) is 6.68. The van der Waals surface area contributed by atoms with Crippen molar-refractivity contribution in [2.24, 2.45) is 0 Å². The monoisotopic (exact) mass is 446 g/mol. The molecule has 168 valence electrons. The second kappa shape index (κ2) is 9.82. The highest BCUT2D eigenvalue weighted by Gasteiger charge is 2.29. The van der Waals surface area contributed by atoms with Crippen molar-refractivity contribution >= 4 is 6.09 Å². The average Bonchev–Trinajstić information content (AvgIpc) is 3.16. The van der Waals surface area contributed by atoms with Gasteiger partial charge < -0.3 is 20.3 Å². The third-order valence-electron chi connectivity index (χ3n) is 5.87. The maximum Gasteiger partial charge on any atom is 0.407 e. The summed E-state index contributed by atoms with van der Waals surface area (Å²) in [6.07, 6.45) is -3.24. The fourth-order valence-electron chi connectivity index (χ4n) is 4.22. The van der Waals surface area contributed by atoms with Gasteiger partial charge in [0.15, 0.2) is 0 Å². The Morgan fingerprint density at radius 2 is 1.70 bits per heavy atom. The summed E-state index contributed by atoms with van der Waals surface area (Å²) in [4.78, 5) is 12.2. The number of nitriles is 1. The molecule has 0 aromatic heterocycles. The molecule has 0 radical (unpaired) electrons. The molecule has 0 aliphatic heterocycles. The SMILES string of the molecule is N#Cc1cc(F)ccc1C(O)C(O)CCNC(=O)OCC1c2ccccc2-c2ccccc21. The number of hydrogen-bond acceptors (Lipinski definition) is 5. The standard InChI is InChI=1S/C26H23FN2O4/c27-17-9-10-18(16(13-17)14-28)25(31)24(30)11-12-29-26(32)33-15-23-21-7-3-1-5-19(21)20-6-2-4-8-22(20)23/h1-10,13,23-25,30-31H,11-12,15H2,(H,29,32). The first kappa shape index (κ1) is 22.5. The van der Waals surface area contributed by atoms with Crippen LogP contribution in [0.5, 0.6) is 0 Å². The number of carbonyl (C=O) groups is 1. The number of nitrogens with zero attached hydrogens (tertiary/aromatic N) is 1. The van der Waals surface area contributed by atoms with Crippen LogP contribution < -0.4 is 5.32 Å². The van der Waals surface area contributed by atoms with Gasteiger partial charge >= 0.3 is 6.09 Å². The van der Waals surface area contributed by atoms with Crippen LogP contribution in [0.1, 0.15) is 40.7 Å². The van der Waals surface area contributed by atoms with Crippen molar-refractivity contribution < 1.29 is 24.1 Å². The zero-order valence-corrected chi connectivity index (χ0v) is 17.7. The van der Waals surface area contributed by atoms with Crippen LogP contribution in [0.15, 0.2) is 66.7 Å². The smallest absolute Gasteiger partial charge is 0.407 e. The van der Waals surface area contributed by atoms with Gasteiger partial charge in [-0.3, -0.25) is 0 Å². The van der Waals surface area contributed by atoms with Gasteiger partial charge in [-0.1, -0.05) is 54.6 Å². The summed E-state index contributed by atoms with van der Waals surface area (Å²) in [5, 5.41) is 32.3. The summed E-state index contributed by atoms with van der Waals surface area (Å²) < 4.78 is 18.7. The first-order chi connectivity index (χ1) is 16.0. The van der Waals surface area contributed by atoms with Crippen LogP contribution >= 0.6 is 0 Å². The van der Waals surface area contributed by atoms with Gasteiger partial charge in [-0.15, -0.1) is 0 Å². The molecule has 7 heteroatoms. The van der Waals surface area contributed by atoms with Gasteiger partial charge in [-0.25, -0.2) is 9.18 Å². The minimum Gasteiger partial charge on any atom is -0.449 e. The molecule has 0 spiro atoms. The summed E-state index contributed by atoms with van der Waals surface area (Å²) in [5.41, 5.74) is 4.57. The molecule has 3 aromatic carbocycles. The molecule has 3 N–H and O–H groups in total. The molecule has 1 aliphatic carbocycles. The zero-order valence-electron chi connectivity index (χ0n) is 17.7. The van der Waals surface area contributed by atoms with E-state index in [2.05, 4.69) is 17.4 Å². The molecule has 0 saturated heterocycles. The molecule has 1 amide bonds. The van der Waals surface area contributed by atoms with E-state index in [0.717, 1.165) is 34.4 Å². The topological polar surface area (TPSA) is 103 Å². The van der Waals surface area contributed by atoms with Gasteiger partial charge in [0.1, 0.15) is 18.5 Å². The van der Waals surface area contributed by atoms with Gasteiger partial charge in [0, 0.05) is 18.0 Å². The highest BCUT2D eigenvalue weighted by molar-refractivity contribution is 5.79. The van der Waals surface area contributed by atoms with Gasteiger partial charge in [0.05, 0.1) is 17.7 Å². The summed E-state index contributed by atoms with van der Waals surface area (Å²) in [6, 6.07) is 21.2. The fourth-order valence-corrected chi connectivity index (χ4v) is 4.22. The highest BCUT2D eigenvalue weighted by Crippen LogP contribution is 2.44. The van der Waals surface area contributed by atoms with Gasteiger partial charge in [0.25, 0.3) is 0 Å². The summed E-state index contributed by atoms with van der Waals surface area (Å²) in [5.74, 6) is -0.660. The van der Waals surface area contributed by atoms with E-state index in [1.54, 1.807) is 6.07 Å². The lowest BCUT2D eigenvalue weighted by atomic mass is 9.97. The number of amides is 1. The number of aliphatic hydroxyl groups excluding tert-OH is 2. The molecule has 0 bridgehead atoms. The van der Waals surface area contributed by atoms with Crippen LogP contribution in [-0.2, 0) is 4.74 Å². The molecule has 1 aliphatic rings. The van der Waals surface area contributed by atoms with Crippen molar-refractivity contribution in [2.45, 2.75) is 24.5 Å². The Morgan fingerprint density at radius 1 is 1.06 bits per heavy atom. The number of halogens is 1. The molecule has 0 heterocycles. The Bertz CT molecular complexity index is 1160. The molecule has 2 atom stereocenters. The maximum atomic E-state index is 13.3. The minimum atomic E-state index is -1.38. The Balaban J connectivity index is 1.30. The van der Waals surface area contributed by atoms with Crippen molar-refractivity contribution in [3.05, 3.63) is 94.8 Å². The van der Waals surface area contributed by atoms with Crippen molar-refractivity contribution in [1.82, 2.24) is 5.32 Å². The number of nitrogens with one attached hydrogen (secondary N) is 1. The van der Waals surface area contributed by atoms with Crippen molar-refractivity contribution in [3.63, 3.8) is 0 Å². The molecule has 2 unspecified atom stereocenters. The minimum absolute atomic E-state index is 0.0214. The number of aliphatic hydroxyl groups is 2. The number of rotatable bonds is 7. The first-order valence-electron chi connectivity index (χ1n) is 10.6. The van der Waals surface area contributed by atoms with E-state index in [0.29, 0.717) is 0 Å². The number of alkyl carbamates (subject to hydrolysis) is 1. The Morgan fingerprint density at radius 3 is 2.33 bits per heavy atom. The van der Waals surface area contributed by atoms with Crippen molar-refractivity contribution in [2.75, 3.05) is 13.2 Å². The lowest BCUT2D eigenvalue weighted by Gasteiger charge is -2.19. The van der Waals surface area contributed by atoms with Crippen LogP contribution in [0.2, 0.25) is 0 Å². The molecule has 3 aromatic rings. The van der Waals surface area contributed by atoms with E-state index in [4.69, 9.17) is 10.00 Å². The van der Waals surface area contributed by atoms with Gasteiger partial charge in [-0.2, -0.15) is 5.26 Å². The second-order valence-electron chi connectivity index (χ2n) is 7.90. The average molecular weight is 446 g/mol. The number of fused-ring (bicyclic) bond motifs is 3. The van der Waals surface area contributed by atoms with E-state index >= 15 is 0 Å². The maximum absolute atomic E-state index is 13.3.